The zero-order chi connectivity index (χ0) is 13.8. The second-order valence-electron chi connectivity index (χ2n) is 5.58. The summed E-state index contributed by atoms with van der Waals surface area (Å²) in [6.07, 6.45) is -5.63. The molecule has 2 rings (SSSR count). The maximum absolute atomic E-state index is 13.0. The fraction of sp³-hybridized carbons (Fsp3) is 0.538. The van der Waals surface area contributed by atoms with Gasteiger partial charge in [-0.25, -0.2) is 0 Å². The van der Waals surface area contributed by atoms with Crippen LogP contribution in [-0.4, -0.2) is 22.0 Å². The van der Waals surface area contributed by atoms with E-state index in [1.807, 2.05) is 0 Å². The Morgan fingerprint density at radius 2 is 1.83 bits per heavy atom. The van der Waals surface area contributed by atoms with Crippen LogP contribution in [0.1, 0.15) is 31.4 Å². The van der Waals surface area contributed by atoms with E-state index in [9.17, 15) is 23.4 Å². The van der Waals surface area contributed by atoms with Gasteiger partial charge in [0.2, 0.25) is 0 Å². The average molecular weight is 260 g/mol. The first kappa shape index (κ1) is 13.2. The van der Waals surface area contributed by atoms with Crippen LogP contribution in [0.25, 0.3) is 0 Å². The Morgan fingerprint density at radius 1 is 1.22 bits per heavy atom. The SMILES string of the molecule is CC1(C)CC(O)(C(F)(F)F)Cc2cccc(O)c21. The Hall–Kier alpha value is -1.23. The van der Waals surface area contributed by atoms with E-state index in [1.165, 1.54) is 18.2 Å². The number of halogens is 3. The first-order valence-electron chi connectivity index (χ1n) is 5.67. The van der Waals surface area contributed by atoms with Crippen molar-refractivity contribution < 1.29 is 23.4 Å². The van der Waals surface area contributed by atoms with Crippen LogP contribution in [0, 0.1) is 0 Å². The molecule has 0 heterocycles. The summed E-state index contributed by atoms with van der Waals surface area (Å²) >= 11 is 0. The molecule has 1 atom stereocenters. The molecule has 0 saturated carbocycles. The molecule has 0 aromatic heterocycles. The molecule has 0 bridgehead atoms. The van der Waals surface area contributed by atoms with Crippen molar-refractivity contribution in [2.24, 2.45) is 0 Å². The number of hydrogen-bond donors (Lipinski definition) is 2. The number of fused-ring (bicyclic) bond motifs is 1. The molecule has 2 nitrogen and oxygen atoms in total. The van der Waals surface area contributed by atoms with Gasteiger partial charge in [0, 0.05) is 12.0 Å². The molecule has 0 radical (unpaired) electrons. The van der Waals surface area contributed by atoms with E-state index >= 15 is 0 Å². The molecule has 1 aliphatic carbocycles. The van der Waals surface area contributed by atoms with Crippen molar-refractivity contribution in [3.63, 3.8) is 0 Å². The Labute approximate surface area is 103 Å². The summed E-state index contributed by atoms with van der Waals surface area (Å²) in [7, 11) is 0. The lowest BCUT2D eigenvalue weighted by Crippen LogP contribution is -2.53. The summed E-state index contributed by atoms with van der Waals surface area (Å²) in [5, 5.41) is 19.7. The summed E-state index contributed by atoms with van der Waals surface area (Å²) in [5.74, 6) is -0.0123. The normalized spacial score (nSPS) is 26.8. The van der Waals surface area contributed by atoms with Crippen molar-refractivity contribution in [3.05, 3.63) is 29.3 Å². The van der Waals surface area contributed by atoms with E-state index in [2.05, 4.69) is 0 Å². The molecule has 1 aliphatic rings. The van der Waals surface area contributed by atoms with E-state index in [0.717, 1.165) is 0 Å². The van der Waals surface area contributed by atoms with Crippen LogP contribution in [0.15, 0.2) is 18.2 Å². The Kier molecular flexibility index (Phi) is 2.67. The zero-order valence-corrected chi connectivity index (χ0v) is 10.2. The lowest BCUT2D eigenvalue weighted by Gasteiger charge is -2.43. The third-order valence-electron chi connectivity index (χ3n) is 3.55. The average Bonchev–Trinajstić information content (AvgIpc) is 2.12. The minimum Gasteiger partial charge on any atom is -0.508 e. The summed E-state index contributed by atoms with van der Waals surface area (Å²) in [6.45, 7) is 3.20. The van der Waals surface area contributed by atoms with E-state index in [0.29, 0.717) is 11.1 Å². The number of phenols is 1. The molecule has 0 spiro atoms. The third-order valence-corrected chi connectivity index (χ3v) is 3.55. The van der Waals surface area contributed by atoms with Gasteiger partial charge in [0.1, 0.15) is 5.75 Å². The number of rotatable bonds is 0. The van der Waals surface area contributed by atoms with Gasteiger partial charge in [0.15, 0.2) is 5.60 Å². The highest BCUT2D eigenvalue weighted by Crippen LogP contribution is 2.50. The number of aromatic hydroxyl groups is 1. The van der Waals surface area contributed by atoms with Gasteiger partial charge in [0.25, 0.3) is 0 Å². The maximum atomic E-state index is 13.0. The van der Waals surface area contributed by atoms with Crippen LogP contribution >= 0.6 is 0 Å². The molecule has 1 aromatic carbocycles. The molecule has 0 aliphatic heterocycles. The van der Waals surface area contributed by atoms with Gasteiger partial charge in [0.05, 0.1) is 0 Å². The largest absolute Gasteiger partial charge is 0.508 e. The van der Waals surface area contributed by atoms with Crippen LogP contribution < -0.4 is 0 Å². The summed E-state index contributed by atoms with van der Waals surface area (Å²) in [6, 6.07) is 4.47. The number of hydrogen-bond acceptors (Lipinski definition) is 2. The molecule has 0 amide bonds. The number of benzene rings is 1. The van der Waals surface area contributed by atoms with Crippen LogP contribution in [-0.2, 0) is 11.8 Å². The van der Waals surface area contributed by atoms with Crippen molar-refractivity contribution in [1.29, 1.82) is 0 Å². The predicted molar refractivity (Wildman–Crippen MR) is 60.5 cm³/mol. The second kappa shape index (κ2) is 3.63. The van der Waals surface area contributed by atoms with Gasteiger partial charge < -0.3 is 10.2 Å². The van der Waals surface area contributed by atoms with Crippen LogP contribution in [0.2, 0.25) is 0 Å². The van der Waals surface area contributed by atoms with Crippen LogP contribution in [0.3, 0.4) is 0 Å². The van der Waals surface area contributed by atoms with Crippen molar-refractivity contribution in [3.8, 4) is 5.75 Å². The molecule has 18 heavy (non-hydrogen) atoms. The molecule has 0 saturated heterocycles. The zero-order valence-electron chi connectivity index (χ0n) is 10.2. The minimum atomic E-state index is -4.67. The first-order valence-corrected chi connectivity index (χ1v) is 5.67. The van der Waals surface area contributed by atoms with Crippen molar-refractivity contribution in [2.45, 2.75) is 43.9 Å². The molecular formula is C13H15F3O2. The monoisotopic (exact) mass is 260 g/mol. The molecule has 2 N–H and O–H groups in total. The number of aliphatic hydroxyl groups is 1. The highest BCUT2D eigenvalue weighted by atomic mass is 19.4. The molecular weight excluding hydrogens is 245 g/mol. The number of alkyl halides is 3. The van der Waals surface area contributed by atoms with Gasteiger partial charge in [-0.15, -0.1) is 0 Å². The summed E-state index contributed by atoms with van der Waals surface area (Å²) < 4.78 is 38.9. The lowest BCUT2D eigenvalue weighted by atomic mass is 9.66. The Morgan fingerprint density at radius 3 is 2.39 bits per heavy atom. The first-order chi connectivity index (χ1) is 8.07. The van der Waals surface area contributed by atoms with E-state index in [4.69, 9.17) is 0 Å². The molecule has 1 aromatic rings. The lowest BCUT2D eigenvalue weighted by molar-refractivity contribution is -0.268. The van der Waals surface area contributed by atoms with E-state index in [1.54, 1.807) is 13.8 Å². The topological polar surface area (TPSA) is 40.5 Å². The maximum Gasteiger partial charge on any atom is 0.417 e. The molecule has 0 fully saturated rings. The highest BCUT2D eigenvalue weighted by Gasteiger charge is 2.58. The van der Waals surface area contributed by atoms with Gasteiger partial charge in [-0.1, -0.05) is 26.0 Å². The summed E-state index contributed by atoms with van der Waals surface area (Å²) in [5.41, 5.74) is -2.80. The number of phenolic OH excluding ortho intramolecular Hbond substituents is 1. The fourth-order valence-corrected chi connectivity index (χ4v) is 2.91. The van der Waals surface area contributed by atoms with Crippen molar-refractivity contribution in [2.75, 3.05) is 0 Å². The van der Waals surface area contributed by atoms with Crippen LogP contribution in [0.4, 0.5) is 13.2 Å². The van der Waals surface area contributed by atoms with Gasteiger partial charge >= 0.3 is 6.18 Å². The van der Waals surface area contributed by atoms with Crippen molar-refractivity contribution in [1.82, 2.24) is 0 Å². The highest BCUT2D eigenvalue weighted by molar-refractivity contribution is 5.47. The fourth-order valence-electron chi connectivity index (χ4n) is 2.91. The van der Waals surface area contributed by atoms with E-state index in [-0.39, 0.29) is 5.75 Å². The standard InChI is InChI=1S/C13H15F3O2/c1-11(2)7-12(18,13(14,15)16)6-8-4-3-5-9(17)10(8)11/h3-5,17-18H,6-7H2,1-2H3. The molecule has 100 valence electrons. The minimum absolute atomic E-state index is 0.0123. The molecule has 5 heteroatoms. The van der Waals surface area contributed by atoms with Crippen molar-refractivity contribution >= 4 is 0 Å². The van der Waals surface area contributed by atoms with Gasteiger partial charge in [-0.2, -0.15) is 13.2 Å². The quantitative estimate of drug-likeness (QED) is 0.753. The van der Waals surface area contributed by atoms with Crippen LogP contribution in [0.5, 0.6) is 5.75 Å². The predicted octanol–water partition coefficient (Wildman–Crippen LogP) is 2.91. The molecule has 1 unspecified atom stereocenters. The Balaban J connectivity index is 2.58. The third kappa shape index (κ3) is 1.86. The van der Waals surface area contributed by atoms with Gasteiger partial charge in [-0.3, -0.25) is 0 Å². The van der Waals surface area contributed by atoms with Gasteiger partial charge in [-0.05, 0) is 23.5 Å². The Bertz CT molecular complexity index is 480. The summed E-state index contributed by atoms with van der Waals surface area (Å²) in [4.78, 5) is 0. The van der Waals surface area contributed by atoms with E-state index < -0.39 is 30.0 Å². The second-order valence-corrected chi connectivity index (χ2v) is 5.58. The smallest absolute Gasteiger partial charge is 0.417 e.